The van der Waals surface area contributed by atoms with Crippen LogP contribution in [0.1, 0.15) is 11.7 Å². The van der Waals surface area contributed by atoms with E-state index >= 15 is 0 Å². The summed E-state index contributed by atoms with van der Waals surface area (Å²) < 4.78 is 32.2. The topological polar surface area (TPSA) is 54.5 Å². The van der Waals surface area contributed by atoms with E-state index in [0.717, 1.165) is 6.20 Å². The molecule has 1 aliphatic heterocycles. The lowest BCUT2D eigenvalue weighted by molar-refractivity contribution is -0.0152. The van der Waals surface area contributed by atoms with Crippen LogP contribution in [-0.2, 0) is 4.74 Å². The fourth-order valence-electron chi connectivity index (χ4n) is 2.40. The number of rotatable bonds is 2. The number of hydrogen-bond donors (Lipinski definition) is 1. The van der Waals surface area contributed by atoms with Crippen LogP contribution >= 0.6 is 0 Å². The minimum absolute atomic E-state index is 0.230. The third kappa shape index (κ3) is 3.62. The van der Waals surface area contributed by atoms with Gasteiger partial charge in [-0.25, -0.2) is 18.6 Å². The van der Waals surface area contributed by atoms with Gasteiger partial charge < -0.3 is 9.64 Å². The summed E-state index contributed by atoms with van der Waals surface area (Å²) in [6.45, 7) is 0.926. The Morgan fingerprint density at radius 3 is 2.83 bits per heavy atom. The maximum Gasteiger partial charge on any atom is 0.323 e. The van der Waals surface area contributed by atoms with Gasteiger partial charge in [0.2, 0.25) is 0 Å². The van der Waals surface area contributed by atoms with Crippen molar-refractivity contribution in [2.75, 3.05) is 25.0 Å². The van der Waals surface area contributed by atoms with Gasteiger partial charge in [-0.3, -0.25) is 5.32 Å². The number of halogens is 2. The van der Waals surface area contributed by atoms with Crippen LogP contribution in [0.5, 0.6) is 0 Å². The molecular weight excluding hydrogens is 304 g/mol. The second kappa shape index (κ2) is 6.70. The first-order valence-electron chi connectivity index (χ1n) is 7.17. The van der Waals surface area contributed by atoms with Crippen molar-refractivity contribution in [3.05, 3.63) is 59.8 Å². The molecule has 0 saturated carbocycles. The number of amides is 2. The van der Waals surface area contributed by atoms with Crippen molar-refractivity contribution in [2.45, 2.75) is 6.10 Å². The SMILES string of the molecule is O=C(Nc1ccc(F)cn1)N1CCO[C@@H](c2ccccc2F)C1. The van der Waals surface area contributed by atoms with Gasteiger partial charge in [-0.1, -0.05) is 18.2 Å². The normalized spacial score (nSPS) is 17.8. The van der Waals surface area contributed by atoms with E-state index in [-0.39, 0.29) is 24.2 Å². The predicted molar refractivity (Wildman–Crippen MR) is 79.9 cm³/mol. The molecule has 0 bridgehead atoms. The number of aromatic nitrogens is 1. The minimum atomic E-state index is -0.517. The first kappa shape index (κ1) is 15.4. The summed E-state index contributed by atoms with van der Waals surface area (Å²) in [5.74, 6) is -0.584. The highest BCUT2D eigenvalue weighted by molar-refractivity contribution is 5.88. The number of benzene rings is 1. The highest BCUT2D eigenvalue weighted by Gasteiger charge is 2.27. The maximum absolute atomic E-state index is 13.8. The summed E-state index contributed by atoms with van der Waals surface area (Å²) in [6, 6.07) is 8.54. The Labute approximate surface area is 131 Å². The highest BCUT2D eigenvalue weighted by Crippen LogP contribution is 2.24. The second-order valence-corrected chi connectivity index (χ2v) is 5.12. The third-order valence-electron chi connectivity index (χ3n) is 3.57. The van der Waals surface area contributed by atoms with Gasteiger partial charge in [-0.05, 0) is 18.2 Å². The van der Waals surface area contributed by atoms with Gasteiger partial charge in [0, 0.05) is 12.1 Å². The van der Waals surface area contributed by atoms with Crippen molar-refractivity contribution in [3.63, 3.8) is 0 Å². The summed E-state index contributed by atoms with van der Waals surface area (Å²) >= 11 is 0. The minimum Gasteiger partial charge on any atom is -0.370 e. The number of carbonyl (C=O) groups excluding carboxylic acids is 1. The van der Waals surface area contributed by atoms with Crippen molar-refractivity contribution < 1.29 is 18.3 Å². The summed E-state index contributed by atoms with van der Waals surface area (Å²) in [6.07, 6.45) is 0.508. The van der Waals surface area contributed by atoms with Crippen LogP contribution in [0.3, 0.4) is 0 Å². The fourth-order valence-corrected chi connectivity index (χ4v) is 2.40. The van der Waals surface area contributed by atoms with E-state index in [1.54, 1.807) is 18.2 Å². The Bertz CT molecular complexity index is 694. The van der Waals surface area contributed by atoms with Gasteiger partial charge in [0.25, 0.3) is 0 Å². The molecule has 3 rings (SSSR count). The Balaban J connectivity index is 1.67. The lowest BCUT2D eigenvalue weighted by Gasteiger charge is -2.33. The quantitative estimate of drug-likeness (QED) is 0.926. The number of anilines is 1. The molecule has 7 heteroatoms. The van der Waals surface area contributed by atoms with Crippen molar-refractivity contribution >= 4 is 11.8 Å². The largest absolute Gasteiger partial charge is 0.370 e. The molecule has 1 saturated heterocycles. The van der Waals surface area contributed by atoms with E-state index in [1.807, 2.05) is 0 Å². The lowest BCUT2D eigenvalue weighted by Crippen LogP contribution is -2.44. The molecule has 23 heavy (non-hydrogen) atoms. The standard InChI is InChI=1S/C16H15F2N3O2/c17-11-5-6-15(19-9-11)20-16(22)21-7-8-23-14(10-21)12-3-1-2-4-13(12)18/h1-6,9,14H,7-8,10H2,(H,19,20,22)/t14-/m1/s1. The molecule has 1 N–H and O–H groups in total. The van der Waals surface area contributed by atoms with Crippen LogP contribution < -0.4 is 5.32 Å². The molecule has 120 valence electrons. The van der Waals surface area contributed by atoms with E-state index in [0.29, 0.717) is 18.7 Å². The van der Waals surface area contributed by atoms with Gasteiger partial charge in [0.15, 0.2) is 0 Å². The molecule has 1 aromatic heterocycles. The lowest BCUT2D eigenvalue weighted by atomic mass is 10.1. The number of urea groups is 1. The van der Waals surface area contributed by atoms with Crippen molar-refractivity contribution in [3.8, 4) is 0 Å². The van der Waals surface area contributed by atoms with E-state index in [4.69, 9.17) is 4.74 Å². The zero-order valence-corrected chi connectivity index (χ0v) is 12.2. The highest BCUT2D eigenvalue weighted by atomic mass is 19.1. The van der Waals surface area contributed by atoms with Crippen molar-refractivity contribution in [1.82, 2.24) is 9.88 Å². The Morgan fingerprint density at radius 1 is 1.26 bits per heavy atom. The molecule has 2 aromatic rings. The van der Waals surface area contributed by atoms with Crippen LogP contribution in [0.4, 0.5) is 19.4 Å². The Morgan fingerprint density at radius 2 is 2.09 bits per heavy atom. The molecule has 1 aliphatic rings. The summed E-state index contributed by atoms with van der Waals surface area (Å²) in [5, 5.41) is 2.59. The van der Waals surface area contributed by atoms with E-state index in [9.17, 15) is 13.6 Å². The van der Waals surface area contributed by atoms with Crippen molar-refractivity contribution in [2.24, 2.45) is 0 Å². The third-order valence-corrected chi connectivity index (χ3v) is 3.57. The zero-order chi connectivity index (χ0) is 16.2. The number of nitrogens with zero attached hydrogens (tertiary/aromatic N) is 2. The van der Waals surface area contributed by atoms with Gasteiger partial charge in [0.1, 0.15) is 23.6 Å². The smallest absolute Gasteiger partial charge is 0.323 e. The first-order chi connectivity index (χ1) is 11.1. The average molecular weight is 319 g/mol. The summed E-state index contributed by atoms with van der Waals surface area (Å²) in [7, 11) is 0. The summed E-state index contributed by atoms with van der Waals surface area (Å²) in [5.41, 5.74) is 0.421. The Hall–Kier alpha value is -2.54. The van der Waals surface area contributed by atoms with Crippen LogP contribution in [-0.4, -0.2) is 35.6 Å². The predicted octanol–water partition coefficient (Wildman–Crippen LogP) is 2.97. The van der Waals surface area contributed by atoms with Gasteiger partial charge >= 0.3 is 6.03 Å². The number of ether oxygens (including phenoxy) is 1. The van der Waals surface area contributed by atoms with Crippen molar-refractivity contribution in [1.29, 1.82) is 0 Å². The van der Waals surface area contributed by atoms with Gasteiger partial charge in [0.05, 0.1) is 19.3 Å². The monoisotopic (exact) mass is 319 g/mol. The molecular formula is C16H15F2N3O2. The van der Waals surface area contributed by atoms with Crippen LogP contribution in [0, 0.1) is 11.6 Å². The molecule has 2 heterocycles. The Kier molecular flexibility index (Phi) is 4.47. The summed E-state index contributed by atoms with van der Waals surface area (Å²) in [4.78, 5) is 17.5. The number of hydrogen-bond acceptors (Lipinski definition) is 3. The van der Waals surface area contributed by atoms with Crippen LogP contribution in [0.2, 0.25) is 0 Å². The van der Waals surface area contributed by atoms with E-state index < -0.39 is 11.9 Å². The van der Waals surface area contributed by atoms with Gasteiger partial charge in [-0.2, -0.15) is 0 Å². The number of pyridine rings is 1. The number of morpholine rings is 1. The van der Waals surface area contributed by atoms with E-state index in [1.165, 1.54) is 23.1 Å². The molecule has 0 aliphatic carbocycles. The molecule has 0 radical (unpaired) electrons. The van der Waals surface area contributed by atoms with Gasteiger partial charge in [-0.15, -0.1) is 0 Å². The molecule has 1 fully saturated rings. The van der Waals surface area contributed by atoms with Crippen LogP contribution in [0.15, 0.2) is 42.6 Å². The molecule has 5 nitrogen and oxygen atoms in total. The second-order valence-electron chi connectivity index (χ2n) is 5.12. The number of nitrogens with one attached hydrogen (secondary N) is 1. The van der Waals surface area contributed by atoms with E-state index in [2.05, 4.69) is 10.3 Å². The fraction of sp³-hybridized carbons (Fsp3) is 0.250. The first-order valence-corrected chi connectivity index (χ1v) is 7.17. The molecule has 1 atom stereocenters. The van der Waals surface area contributed by atoms with Crippen LogP contribution in [0.25, 0.3) is 0 Å². The molecule has 0 spiro atoms. The maximum atomic E-state index is 13.8. The number of carbonyl (C=O) groups is 1. The molecule has 0 unspecified atom stereocenters. The molecule has 2 amide bonds. The average Bonchev–Trinajstić information content (AvgIpc) is 2.57. The zero-order valence-electron chi connectivity index (χ0n) is 12.2. The molecule has 1 aromatic carbocycles.